The van der Waals surface area contributed by atoms with Gasteiger partial charge in [-0.15, -0.1) is 0 Å². The largest absolute Gasteiger partial charge is 0.490 e. The van der Waals surface area contributed by atoms with Crippen LogP contribution in [0.2, 0.25) is 0 Å². The number of carboxylic acids is 1. The van der Waals surface area contributed by atoms with Gasteiger partial charge in [0, 0.05) is 30.6 Å². The molecule has 36 heavy (non-hydrogen) atoms. The number of aromatic carboxylic acids is 1. The summed E-state index contributed by atoms with van der Waals surface area (Å²) in [6.45, 7) is 0.337. The molecule has 0 aromatic heterocycles. The van der Waals surface area contributed by atoms with Gasteiger partial charge in [-0.05, 0) is 48.5 Å². The van der Waals surface area contributed by atoms with Gasteiger partial charge in [-0.2, -0.15) is 0 Å². The number of fused-ring (bicyclic) bond motifs is 1. The minimum absolute atomic E-state index is 0.153. The Labute approximate surface area is 209 Å². The van der Waals surface area contributed by atoms with Gasteiger partial charge >= 0.3 is 5.97 Å². The van der Waals surface area contributed by atoms with Crippen molar-refractivity contribution < 1.29 is 27.8 Å². The van der Waals surface area contributed by atoms with Gasteiger partial charge in [-0.1, -0.05) is 36.4 Å². The second-order valence-electron chi connectivity index (χ2n) is 8.15. The molecule has 0 saturated carbocycles. The van der Waals surface area contributed by atoms with Crippen molar-refractivity contribution >= 4 is 38.1 Å². The van der Waals surface area contributed by atoms with Gasteiger partial charge < -0.3 is 19.5 Å². The van der Waals surface area contributed by atoms with Crippen LogP contribution in [-0.2, 0) is 10.0 Å². The number of rotatable bonds is 10. The number of benzene rings is 4. The first-order chi connectivity index (χ1) is 17.3. The minimum atomic E-state index is -3.92. The highest BCUT2D eigenvalue weighted by atomic mass is 32.2. The molecule has 4 aromatic rings. The van der Waals surface area contributed by atoms with Crippen molar-refractivity contribution in [2.45, 2.75) is 4.90 Å². The summed E-state index contributed by atoms with van der Waals surface area (Å²) in [5, 5.41) is 10.4. The first kappa shape index (κ1) is 24.9. The fourth-order valence-corrected chi connectivity index (χ4v) is 5.06. The number of carboxylic acid groups (broad SMARTS) is 1. The molecule has 0 aliphatic rings. The standard InChI is InChI=1S/C27H26N2O6S/c1-29(2)24-10-5-8-22-21(24)7-6-12-26(22)36(32,33)28-23-9-3-4-11-25(23)35-18-17-34-20-15-13-19(14-16-20)27(30)31/h3-16,28H,17-18H2,1-2H3,(H,30,31). The first-order valence-corrected chi connectivity index (χ1v) is 12.6. The summed E-state index contributed by atoms with van der Waals surface area (Å²) in [5.41, 5.74) is 1.40. The van der Waals surface area contributed by atoms with Crippen LogP contribution in [0.1, 0.15) is 10.4 Å². The summed E-state index contributed by atoms with van der Waals surface area (Å²) in [7, 11) is -0.0908. The highest BCUT2D eigenvalue weighted by Crippen LogP contribution is 2.32. The Morgan fingerprint density at radius 1 is 0.833 bits per heavy atom. The normalized spacial score (nSPS) is 11.2. The third kappa shape index (κ3) is 5.52. The van der Waals surface area contributed by atoms with Gasteiger partial charge in [0.15, 0.2) is 0 Å². The number of ether oxygens (including phenoxy) is 2. The number of nitrogens with zero attached hydrogens (tertiary/aromatic N) is 1. The highest BCUT2D eigenvalue weighted by molar-refractivity contribution is 7.93. The van der Waals surface area contributed by atoms with E-state index in [0.717, 1.165) is 11.1 Å². The maximum absolute atomic E-state index is 13.4. The zero-order valence-electron chi connectivity index (χ0n) is 19.8. The Morgan fingerprint density at radius 3 is 2.22 bits per heavy atom. The monoisotopic (exact) mass is 506 g/mol. The zero-order chi connectivity index (χ0) is 25.7. The third-order valence-corrected chi connectivity index (χ3v) is 6.90. The lowest BCUT2D eigenvalue weighted by molar-refractivity contribution is 0.0697. The third-order valence-electron chi connectivity index (χ3n) is 5.47. The second kappa shape index (κ2) is 10.6. The Bertz CT molecular complexity index is 1480. The Morgan fingerprint density at radius 2 is 1.50 bits per heavy atom. The molecule has 0 radical (unpaired) electrons. The molecule has 0 unspecified atom stereocenters. The number of carbonyl (C=O) groups is 1. The molecule has 4 aromatic carbocycles. The van der Waals surface area contributed by atoms with E-state index < -0.39 is 16.0 Å². The van der Waals surface area contributed by atoms with E-state index in [2.05, 4.69) is 4.72 Å². The molecule has 0 saturated heterocycles. The molecule has 4 rings (SSSR count). The van der Waals surface area contributed by atoms with Gasteiger partial charge in [0.2, 0.25) is 0 Å². The molecule has 0 aliphatic carbocycles. The molecule has 0 aliphatic heterocycles. The maximum atomic E-state index is 13.4. The van der Waals surface area contributed by atoms with E-state index in [-0.39, 0.29) is 23.7 Å². The fourth-order valence-electron chi connectivity index (χ4n) is 3.77. The van der Waals surface area contributed by atoms with Crippen molar-refractivity contribution in [1.29, 1.82) is 0 Å². The number of hydrogen-bond donors (Lipinski definition) is 2. The van der Waals surface area contributed by atoms with Crippen LogP contribution in [0.4, 0.5) is 11.4 Å². The van der Waals surface area contributed by atoms with Gasteiger partial charge in [-0.25, -0.2) is 13.2 Å². The topological polar surface area (TPSA) is 105 Å². The van der Waals surface area contributed by atoms with Crippen LogP contribution >= 0.6 is 0 Å². The average molecular weight is 507 g/mol. The SMILES string of the molecule is CN(C)c1cccc2c(S(=O)(=O)Nc3ccccc3OCCOc3ccc(C(=O)O)cc3)cccc12. The Kier molecular flexibility index (Phi) is 7.30. The van der Waals surface area contributed by atoms with Crippen LogP contribution in [0.15, 0.2) is 89.8 Å². The minimum Gasteiger partial charge on any atom is -0.490 e. The molecular formula is C27H26N2O6S. The van der Waals surface area contributed by atoms with E-state index in [1.165, 1.54) is 12.1 Å². The van der Waals surface area contributed by atoms with Gasteiger partial charge in [0.05, 0.1) is 16.1 Å². The predicted molar refractivity (Wildman–Crippen MR) is 140 cm³/mol. The van der Waals surface area contributed by atoms with Crippen molar-refractivity contribution in [2.24, 2.45) is 0 Å². The molecule has 8 nitrogen and oxygen atoms in total. The maximum Gasteiger partial charge on any atom is 0.335 e. The van der Waals surface area contributed by atoms with Gasteiger partial charge in [0.1, 0.15) is 24.7 Å². The summed E-state index contributed by atoms with van der Waals surface area (Å²) in [6.07, 6.45) is 0. The Balaban J connectivity index is 1.48. The van der Waals surface area contributed by atoms with Crippen molar-refractivity contribution in [1.82, 2.24) is 0 Å². The molecule has 0 atom stereocenters. The lowest BCUT2D eigenvalue weighted by atomic mass is 10.1. The van der Waals surface area contributed by atoms with E-state index >= 15 is 0 Å². The van der Waals surface area contributed by atoms with Crippen molar-refractivity contribution in [3.63, 3.8) is 0 Å². The number of nitrogens with one attached hydrogen (secondary N) is 1. The van der Waals surface area contributed by atoms with Crippen LogP contribution in [0.25, 0.3) is 10.8 Å². The molecule has 0 fully saturated rings. The van der Waals surface area contributed by atoms with Crippen molar-refractivity contribution in [3.8, 4) is 11.5 Å². The van der Waals surface area contributed by atoms with E-state index in [4.69, 9.17) is 14.6 Å². The summed E-state index contributed by atoms with van der Waals surface area (Å²) in [5.74, 6) is -0.142. The summed E-state index contributed by atoms with van der Waals surface area (Å²) in [6, 6.07) is 23.6. The highest BCUT2D eigenvalue weighted by Gasteiger charge is 2.20. The molecule has 0 amide bonds. The lowest BCUT2D eigenvalue weighted by Gasteiger charge is -2.18. The zero-order valence-corrected chi connectivity index (χ0v) is 20.7. The van der Waals surface area contributed by atoms with Crippen molar-refractivity contribution in [3.05, 3.63) is 90.5 Å². The summed E-state index contributed by atoms with van der Waals surface area (Å²) < 4.78 is 40.8. The molecule has 2 N–H and O–H groups in total. The van der Waals surface area contributed by atoms with Gasteiger partial charge in [-0.3, -0.25) is 4.72 Å². The fraction of sp³-hybridized carbons (Fsp3) is 0.148. The molecule has 186 valence electrons. The van der Waals surface area contributed by atoms with Gasteiger partial charge in [0.25, 0.3) is 10.0 Å². The van der Waals surface area contributed by atoms with E-state index in [9.17, 15) is 13.2 Å². The lowest BCUT2D eigenvalue weighted by Crippen LogP contribution is -2.16. The van der Waals surface area contributed by atoms with Crippen LogP contribution < -0.4 is 19.1 Å². The van der Waals surface area contributed by atoms with Crippen LogP contribution in [0, 0.1) is 0 Å². The second-order valence-corrected chi connectivity index (χ2v) is 9.80. The molecular weight excluding hydrogens is 480 g/mol. The molecule has 0 heterocycles. The number of anilines is 2. The molecule has 9 heteroatoms. The number of para-hydroxylation sites is 2. The summed E-state index contributed by atoms with van der Waals surface area (Å²) >= 11 is 0. The van der Waals surface area contributed by atoms with Crippen molar-refractivity contribution in [2.75, 3.05) is 36.9 Å². The summed E-state index contributed by atoms with van der Waals surface area (Å²) in [4.78, 5) is 13.1. The smallest absolute Gasteiger partial charge is 0.335 e. The Hall–Kier alpha value is -4.24. The van der Waals surface area contributed by atoms with E-state index in [1.54, 1.807) is 54.6 Å². The average Bonchev–Trinajstić information content (AvgIpc) is 2.86. The quantitative estimate of drug-likeness (QED) is 0.296. The molecule has 0 spiro atoms. The molecule has 0 bridgehead atoms. The van der Waals surface area contributed by atoms with Crippen LogP contribution in [0.5, 0.6) is 11.5 Å². The van der Waals surface area contributed by atoms with E-state index in [1.807, 2.05) is 37.2 Å². The number of hydrogen-bond acceptors (Lipinski definition) is 6. The van der Waals surface area contributed by atoms with E-state index in [0.29, 0.717) is 22.6 Å². The first-order valence-electron chi connectivity index (χ1n) is 11.2. The predicted octanol–water partition coefficient (Wildman–Crippen LogP) is 4.86. The van der Waals surface area contributed by atoms with Crippen LogP contribution in [-0.4, -0.2) is 46.8 Å². The number of sulfonamides is 1. The van der Waals surface area contributed by atoms with Crippen LogP contribution in [0.3, 0.4) is 0 Å².